The van der Waals surface area contributed by atoms with Crippen LogP contribution >= 0.6 is 0 Å². The number of aryl methyl sites for hydroxylation is 1. The molecule has 0 radical (unpaired) electrons. The van der Waals surface area contributed by atoms with Crippen molar-refractivity contribution >= 4 is 5.97 Å². The molecule has 1 aliphatic carbocycles. The monoisotopic (exact) mass is 237 g/mol. The number of carboxylic acids is 1. The molecule has 2 rings (SSSR count). The molecule has 1 aromatic rings. The fourth-order valence-corrected chi connectivity index (χ4v) is 2.55. The zero-order valence-electron chi connectivity index (χ0n) is 10.2. The lowest BCUT2D eigenvalue weighted by Crippen LogP contribution is -2.36. The highest BCUT2D eigenvalue weighted by Crippen LogP contribution is 2.24. The minimum absolute atomic E-state index is 0.125. The van der Waals surface area contributed by atoms with E-state index >= 15 is 0 Å². The number of aromatic nitrogens is 2. The Bertz CT molecular complexity index is 383. The lowest BCUT2D eigenvalue weighted by Gasteiger charge is -2.26. The Morgan fingerprint density at radius 1 is 1.59 bits per heavy atom. The Kier molecular flexibility index (Phi) is 3.78. The van der Waals surface area contributed by atoms with Gasteiger partial charge in [-0.2, -0.15) is 5.10 Å². The molecule has 0 saturated heterocycles. The maximum absolute atomic E-state index is 10.9. The van der Waals surface area contributed by atoms with E-state index in [4.69, 9.17) is 5.11 Å². The van der Waals surface area contributed by atoms with Crippen molar-refractivity contribution in [2.75, 3.05) is 6.54 Å². The van der Waals surface area contributed by atoms with Crippen LogP contribution in [0, 0.1) is 0 Å². The van der Waals surface area contributed by atoms with Gasteiger partial charge in [-0.25, -0.2) is 0 Å². The van der Waals surface area contributed by atoms with Crippen molar-refractivity contribution in [2.45, 2.75) is 38.3 Å². The van der Waals surface area contributed by atoms with Crippen molar-refractivity contribution in [1.82, 2.24) is 14.7 Å². The third-order valence-electron chi connectivity index (χ3n) is 3.32. The van der Waals surface area contributed by atoms with Crippen LogP contribution in [-0.2, 0) is 18.4 Å². The van der Waals surface area contributed by atoms with Crippen LogP contribution in [0.4, 0.5) is 0 Å². The number of carbonyl (C=O) groups is 1. The van der Waals surface area contributed by atoms with Gasteiger partial charge >= 0.3 is 5.97 Å². The third kappa shape index (κ3) is 3.30. The number of carboxylic acid groups (broad SMARTS) is 1. The Balaban J connectivity index is 2.01. The van der Waals surface area contributed by atoms with E-state index in [-0.39, 0.29) is 6.54 Å². The van der Waals surface area contributed by atoms with Gasteiger partial charge in [-0.15, -0.1) is 0 Å². The second-order valence-corrected chi connectivity index (χ2v) is 4.76. The molecule has 0 spiro atoms. The van der Waals surface area contributed by atoms with Crippen LogP contribution < -0.4 is 0 Å². The van der Waals surface area contributed by atoms with Crippen LogP contribution in [0.3, 0.4) is 0 Å². The molecular weight excluding hydrogens is 218 g/mol. The van der Waals surface area contributed by atoms with Gasteiger partial charge in [0.1, 0.15) is 0 Å². The SMILES string of the molecule is Cn1cc(CN(CC(=O)O)C2CCCC2)cn1. The van der Waals surface area contributed by atoms with Crippen molar-refractivity contribution in [3.8, 4) is 0 Å². The average molecular weight is 237 g/mol. The van der Waals surface area contributed by atoms with Crippen molar-refractivity contribution < 1.29 is 9.90 Å². The van der Waals surface area contributed by atoms with Crippen molar-refractivity contribution in [1.29, 1.82) is 0 Å². The highest BCUT2D eigenvalue weighted by Gasteiger charge is 2.24. The third-order valence-corrected chi connectivity index (χ3v) is 3.32. The molecule has 1 aromatic heterocycles. The summed E-state index contributed by atoms with van der Waals surface area (Å²) in [5.74, 6) is -0.749. The van der Waals surface area contributed by atoms with E-state index in [1.165, 1.54) is 12.8 Å². The molecule has 5 heteroatoms. The van der Waals surface area contributed by atoms with Gasteiger partial charge in [-0.05, 0) is 12.8 Å². The summed E-state index contributed by atoms with van der Waals surface area (Å²) in [5, 5.41) is 13.1. The number of aliphatic carboxylic acids is 1. The quantitative estimate of drug-likeness (QED) is 0.837. The Morgan fingerprint density at radius 2 is 2.29 bits per heavy atom. The van der Waals surface area contributed by atoms with Crippen LogP contribution in [0.25, 0.3) is 0 Å². The summed E-state index contributed by atoms with van der Waals surface area (Å²) in [6.45, 7) is 0.810. The Hall–Kier alpha value is -1.36. The van der Waals surface area contributed by atoms with Gasteiger partial charge in [0.25, 0.3) is 0 Å². The van der Waals surface area contributed by atoms with Gasteiger partial charge in [-0.1, -0.05) is 12.8 Å². The highest BCUT2D eigenvalue weighted by atomic mass is 16.4. The van der Waals surface area contributed by atoms with Crippen LogP contribution in [-0.4, -0.2) is 38.3 Å². The van der Waals surface area contributed by atoms with Gasteiger partial charge in [0.2, 0.25) is 0 Å². The molecule has 94 valence electrons. The van der Waals surface area contributed by atoms with Gasteiger partial charge in [-0.3, -0.25) is 14.4 Å². The van der Waals surface area contributed by atoms with Crippen molar-refractivity contribution in [2.24, 2.45) is 7.05 Å². The molecule has 0 bridgehead atoms. The van der Waals surface area contributed by atoms with Crippen LogP contribution in [0.1, 0.15) is 31.2 Å². The normalized spacial score (nSPS) is 16.8. The minimum Gasteiger partial charge on any atom is -0.480 e. The van der Waals surface area contributed by atoms with Crippen molar-refractivity contribution in [3.63, 3.8) is 0 Å². The first kappa shape index (κ1) is 12.1. The summed E-state index contributed by atoms with van der Waals surface area (Å²) in [7, 11) is 1.88. The molecule has 1 fully saturated rings. The lowest BCUT2D eigenvalue weighted by molar-refractivity contribution is -0.139. The molecule has 5 nitrogen and oxygen atoms in total. The molecule has 0 atom stereocenters. The second kappa shape index (κ2) is 5.31. The van der Waals surface area contributed by atoms with E-state index in [9.17, 15) is 4.79 Å². The molecule has 0 aromatic carbocycles. The fraction of sp³-hybridized carbons (Fsp3) is 0.667. The van der Waals surface area contributed by atoms with E-state index in [0.717, 1.165) is 18.4 Å². The summed E-state index contributed by atoms with van der Waals surface area (Å²) in [6, 6.07) is 0.423. The maximum atomic E-state index is 10.9. The zero-order chi connectivity index (χ0) is 12.3. The Morgan fingerprint density at radius 3 is 2.82 bits per heavy atom. The van der Waals surface area contributed by atoms with Gasteiger partial charge in [0.15, 0.2) is 0 Å². The van der Waals surface area contributed by atoms with E-state index < -0.39 is 5.97 Å². The molecule has 0 amide bonds. The van der Waals surface area contributed by atoms with Crippen LogP contribution in [0.2, 0.25) is 0 Å². The first-order chi connectivity index (χ1) is 8.15. The predicted octanol–water partition coefficient (Wildman–Crippen LogP) is 1.25. The van der Waals surface area contributed by atoms with Crippen LogP contribution in [0.15, 0.2) is 12.4 Å². The highest BCUT2D eigenvalue weighted by molar-refractivity contribution is 5.69. The number of hydrogen-bond acceptors (Lipinski definition) is 3. The first-order valence-corrected chi connectivity index (χ1v) is 6.08. The Labute approximate surface area is 101 Å². The van der Waals surface area contributed by atoms with E-state index in [2.05, 4.69) is 10.00 Å². The van der Waals surface area contributed by atoms with Gasteiger partial charge in [0, 0.05) is 31.4 Å². The van der Waals surface area contributed by atoms with Crippen molar-refractivity contribution in [3.05, 3.63) is 18.0 Å². The molecule has 0 unspecified atom stereocenters. The molecule has 0 aliphatic heterocycles. The summed E-state index contributed by atoms with van der Waals surface area (Å²) < 4.78 is 1.75. The summed E-state index contributed by atoms with van der Waals surface area (Å²) in [5.41, 5.74) is 1.08. The number of nitrogens with zero attached hydrogens (tertiary/aromatic N) is 3. The molecule has 1 aliphatic rings. The number of rotatable bonds is 5. The zero-order valence-corrected chi connectivity index (χ0v) is 10.2. The molecule has 1 N–H and O–H groups in total. The standard InChI is InChI=1S/C12H19N3O2/c1-14-7-10(6-13-14)8-15(9-12(16)17)11-4-2-3-5-11/h6-7,11H,2-5,8-9H2,1H3,(H,16,17). The average Bonchev–Trinajstić information content (AvgIpc) is 2.87. The predicted molar refractivity (Wildman–Crippen MR) is 63.5 cm³/mol. The topological polar surface area (TPSA) is 58.4 Å². The summed E-state index contributed by atoms with van der Waals surface area (Å²) >= 11 is 0. The number of hydrogen-bond donors (Lipinski definition) is 1. The minimum atomic E-state index is -0.749. The molecule has 1 saturated carbocycles. The molecule has 1 heterocycles. The van der Waals surface area contributed by atoms with E-state index in [0.29, 0.717) is 12.6 Å². The maximum Gasteiger partial charge on any atom is 0.317 e. The summed E-state index contributed by atoms with van der Waals surface area (Å²) in [4.78, 5) is 13.0. The van der Waals surface area contributed by atoms with E-state index in [1.54, 1.807) is 4.68 Å². The second-order valence-electron chi connectivity index (χ2n) is 4.76. The largest absolute Gasteiger partial charge is 0.480 e. The fourth-order valence-electron chi connectivity index (χ4n) is 2.55. The van der Waals surface area contributed by atoms with E-state index in [1.807, 2.05) is 19.4 Å². The lowest BCUT2D eigenvalue weighted by atomic mass is 10.2. The molecule has 17 heavy (non-hydrogen) atoms. The van der Waals surface area contributed by atoms with Gasteiger partial charge in [0.05, 0.1) is 12.7 Å². The van der Waals surface area contributed by atoms with Gasteiger partial charge < -0.3 is 5.11 Å². The molecular formula is C12H19N3O2. The smallest absolute Gasteiger partial charge is 0.317 e. The summed E-state index contributed by atoms with van der Waals surface area (Å²) in [6.07, 6.45) is 8.43. The first-order valence-electron chi connectivity index (χ1n) is 6.08. The van der Waals surface area contributed by atoms with Crippen LogP contribution in [0.5, 0.6) is 0 Å².